The molecule has 0 bridgehead atoms. The normalized spacial score (nSPS) is 11.3. The van der Waals surface area contributed by atoms with Gasteiger partial charge in [-0.3, -0.25) is 5.10 Å². The van der Waals surface area contributed by atoms with Gasteiger partial charge in [0.2, 0.25) is 0 Å². The topological polar surface area (TPSA) is 88.1 Å². The molecule has 2 aromatic heterocycles. The van der Waals surface area contributed by atoms with E-state index in [9.17, 15) is 14.3 Å². The van der Waals surface area contributed by atoms with E-state index in [1.165, 1.54) is 24.3 Å². The predicted octanol–water partition coefficient (Wildman–Crippen LogP) is 6.21. The molecule has 0 aliphatic carbocycles. The van der Waals surface area contributed by atoms with Gasteiger partial charge in [-0.2, -0.15) is 5.10 Å². The molecule has 0 aliphatic rings. The van der Waals surface area contributed by atoms with E-state index in [1.807, 2.05) is 13.0 Å². The van der Waals surface area contributed by atoms with Gasteiger partial charge in [0, 0.05) is 21.9 Å². The first-order valence-corrected chi connectivity index (χ1v) is 10.7. The Morgan fingerprint density at radius 1 is 1.09 bits per heavy atom. The molecule has 3 aromatic carbocycles. The number of aromatic amines is 1. The fraction of sp³-hybridized carbons (Fsp3) is 0.115. The number of pyridine rings is 1. The number of H-pyrrole nitrogens is 1. The number of nitrogens with one attached hydrogen (secondary N) is 1. The minimum Gasteiger partial charge on any atom is -0.491 e. The number of aromatic carboxylic acids is 1. The first-order chi connectivity index (χ1) is 16.5. The Kier molecular flexibility index (Phi) is 5.41. The van der Waals surface area contributed by atoms with Crippen LogP contribution in [0.15, 0.2) is 60.8 Å². The van der Waals surface area contributed by atoms with Crippen molar-refractivity contribution in [2.75, 3.05) is 6.61 Å². The fourth-order valence-corrected chi connectivity index (χ4v) is 3.96. The summed E-state index contributed by atoms with van der Waals surface area (Å²) in [4.78, 5) is 16.0. The molecular weight excluding hydrogens is 440 g/mol. The van der Waals surface area contributed by atoms with E-state index in [0.717, 1.165) is 22.4 Å². The average molecular weight is 459 g/mol. The van der Waals surface area contributed by atoms with E-state index in [-0.39, 0.29) is 22.6 Å². The zero-order valence-electron chi connectivity index (χ0n) is 18.1. The zero-order valence-corrected chi connectivity index (χ0v) is 18.1. The van der Waals surface area contributed by atoms with Crippen molar-refractivity contribution in [2.24, 2.45) is 0 Å². The Morgan fingerprint density at radius 2 is 1.88 bits per heavy atom. The van der Waals surface area contributed by atoms with Crippen LogP contribution in [0.3, 0.4) is 0 Å². The average Bonchev–Trinajstić information content (AvgIpc) is 3.28. The Labute approximate surface area is 192 Å². The van der Waals surface area contributed by atoms with Crippen LogP contribution in [-0.2, 0) is 0 Å². The summed E-state index contributed by atoms with van der Waals surface area (Å²) in [5.41, 5.74) is 2.78. The SMILES string of the molecule is CCCOc1c(-c2ccc(C(=O)O)cc2F)nc2cc3[nH]ncc3cc2c1-c1ccc(F)cc1. The molecule has 0 radical (unpaired) electrons. The van der Waals surface area contributed by atoms with Gasteiger partial charge in [-0.05, 0) is 54.4 Å². The lowest BCUT2D eigenvalue weighted by atomic mass is 9.95. The van der Waals surface area contributed by atoms with Gasteiger partial charge in [0.15, 0.2) is 5.75 Å². The lowest BCUT2D eigenvalue weighted by molar-refractivity contribution is 0.0696. The standard InChI is InChI=1S/C26H19F2N3O3/c1-2-9-34-25-23(14-3-6-17(27)7-4-14)19-10-16-13-29-31-21(16)12-22(19)30-24(25)18-8-5-15(26(32)33)11-20(18)28/h3-8,10-13H,2,9H2,1H3,(H,29,31)(H,32,33). The Morgan fingerprint density at radius 3 is 2.59 bits per heavy atom. The van der Waals surface area contributed by atoms with E-state index in [2.05, 4.69) is 10.2 Å². The van der Waals surface area contributed by atoms with Crippen molar-refractivity contribution < 1.29 is 23.4 Å². The van der Waals surface area contributed by atoms with Crippen LogP contribution in [0.1, 0.15) is 23.7 Å². The third-order valence-corrected chi connectivity index (χ3v) is 5.55. The number of hydrogen-bond donors (Lipinski definition) is 2. The van der Waals surface area contributed by atoms with Gasteiger partial charge < -0.3 is 9.84 Å². The molecule has 8 heteroatoms. The molecule has 2 N–H and O–H groups in total. The quantitative estimate of drug-likeness (QED) is 0.315. The van der Waals surface area contributed by atoms with Gasteiger partial charge in [-0.15, -0.1) is 0 Å². The smallest absolute Gasteiger partial charge is 0.335 e. The van der Waals surface area contributed by atoms with Gasteiger partial charge in [0.25, 0.3) is 0 Å². The molecule has 0 saturated heterocycles. The van der Waals surface area contributed by atoms with E-state index in [4.69, 9.17) is 9.72 Å². The molecule has 0 amide bonds. The minimum atomic E-state index is -1.23. The molecule has 0 saturated carbocycles. The fourth-order valence-electron chi connectivity index (χ4n) is 3.96. The molecule has 170 valence electrons. The Balaban J connectivity index is 1.88. The lowest BCUT2D eigenvalue weighted by Crippen LogP contribution is -2.04. The van der Waals surface area contributed by atoms with E-state index >= 15 is 4.39 Å². The Hall–Kier alpha value is -4.33. The summed E-state index contributed by atoms with van der Waals surface area (Å²) in [7, 11) is 0. The molecule has 34 heavy (non-hydrogen) atoms. The largest absolute Gasteiger partial charge is 0.491 e. The molecule has 0 fully saturated rings. The highest BCUT2D eigenvalue weighted by Gasteiger charge is 2.23. The number of aromatic nitrogens is 3. The van der Waals surface area contributed by atoms with Gasteiger partial charge in [0.05, 0.1) is 29.4 Å². The minimum absolute atomic E-state index is 0.103. The molecule has 6 nitrogen and oxygen atoms in total. The van der Waals surface area contributed by atoms with Crippen molar-refractivity contribution in [3.8, 4) is 28.1 Å². The van der Waals surface area contributed by atoms with Crippen molar-refractivity contribution in [3.05, 3.63) is 78.0 Å². The van der Waals surface area contributed by atoms with Crippen LogP contribution in [0.2, 0.25) is 0 Å². The molecule has 5 aromatic rings. The van der Waals surface area contributed by atoms with Crippen LogP contribution in [-0.4, -0.2) is 32.9 Å². The maximum absolute atomic E-state index is 15.2. The molecule has 0 aliphatic heterocycles. The summed E-state index contributed by atoms with van der Waals surface area (Å²) >= 11 is 0. The summed E-state index contributed by atoms with van der Waals surface area (Å²) in [5.74, 6) is -2.01. The van der Waals surface area contributed by atoms with E-state index in [0.29, 0.717) is 35.4 Å². The number of ether oxygens (including phenoxy) is 1. The Bertz CT molecular complexity index is 1550. The monoisotopic (exact) mass is 459 g/mol. The van der Waals surface area contributed by atoms with Crippen molar-refractivity contribution in [3.63, 3.8) is 0 Å². The van der Waals surface area contributed by atoms with Gasteiger partial charge in [0.1, 0.15) is 17.3 Å². The molecule has 5 rings (SSSR count). The maximum Gasteiger partial charge on any atom is 0.335 e. The van der Waals surface area contributed by atoms with Crippen molar-refractivity contribution in [1.29, 1.82) is 0 Å². The molecule has 0 unspecified atom stereocenters. The van der Waals surface area contributed by atoms with Crippen LogP contribution in [0.5, 0.6) is 5.75 Å². The highest BCUT2D eigenvalue weighted by molar-refractivity contribution is 6.06. The number of fused-ring (bicyclic) bond motifs is 2. The van der Waals surface area contributed by atoms with Gasteiger partial charge in [-0.25, -0.2) is 18.6 Å². The number of carbonyl (C=O) groups is 1. The second-order valence-corrected chi connectivity index (χ2v) is 7.85. The number of carboxylic acid groups (broad SMARTS) is 1. The third-order valence-electron chi connectivity index (χ3n) is 5.55. The summed E-state index contributed by atoms with van der Waals surface area (Å²) in [5, 5.41) is 17.8. The summed E-state index contributed by atoms with van der Waals surface area (Å²) in [6.45, 7) is 2.29. The number of rotatable bonds is 6. The highest BCUT2D eigenvalue weighted by Crippen LogP contribution is 2.44. The number of nitrogens with zero attached hydrogens (tertiary/aromatic N) is 2. The summed E-state index contributed by atoms with van der Waals surface area (Å²) < 4.78 is 35.0. The third kappa shape index (κ3) is 3.73. The highest BCUT2D eigenvalue weighted by atomic mass is 19.1. The van der Waals surface area contributed by atoms with Gasteiger partial charge >= 0.3 is 5.97 Å². The second kappa shape index (κ2) is 8.55. The number of carboxylic acids is 1. The number of halogens is 2. The van der Waals surface area contributed by atoms with Crippen LogP contribution in [0.25, 0.3) is 44.2 Å². The van der Waals surface area contributed by atoms with Crippen molar-refractivity contribution >= 4 is 27.8 Å². The first kappa shape index (κ1) is 21.5. The first-order valence-electron chi connectivity index (χ1n) is 10.7. The molecule has 2 heterocycles. The molecule has 0 atom stereocenters. The van der Waals surface area contributed by atoms with Crippen molar-refractivity contribution in [2.45, 2.75) is 13.3 Å². The molecular formula is C26H19F2N3O3. The number of hydrogen-bond acceptors (Lipinski definition) is 4. The van der Waals surface area contributed by atoms with Crippen LogP contribution < -0.4 is 4.74 Å². The second-order valence-electron chi connectivity index (χ2n) is 7.85. The van der Waals surface area contributed by atoms with Crippen molar-refractivity contribution in [1.82, 2.24) is 15.2 Å². The molecule has 0 spiro atoms. The zero-order chi connectivity index (χ0) is 23.8. The number of benzene rings is 3. The predicted molar refractivity (Wildman–Crippen MR) is 125 cm³/mol. The van der Waals surface area contributed by atoms with E-state index < -0.39 is 11.8 Å². The van der Waals surface area contributed by atoms with Crippen LogP contribution >= 0.6 is 0 Å². The lowest BCUT2D eigenvalue weighted by Gasteiger charge is -2.19. The van der Waals surface area contributed by atoms with E-state index in [1.54, 1.807) is 24.4 Å². The summed E-state index contributed by atoms with van der Waals surface area (Å²) in [6, 6.07) is 13.4. The van der Waals surface area contributed by atoms with Crippen LogP contribution in [0.4, 0.5) is 8.78 Å². The maximum atomic E-state index is 15.2. The summed E-state index contributed by atoms with van der Waals surface area (Å²) in [6.07, 6.45) is 2.38. The van der Waals surface area contributed by atoms with Crippen LogP contribution in [0, 0.1) is 11.6 Å². The van der Waals surface area contributed by atoms with Gasteiger partial charge in [-0.1, -0.05) is 19.1 Å².